The van der Waals surface area contributed by atoms with Gasteiger partial charge in [0.1, 0.15) is 5.76 Å². The second-order valence-corrected chi connectivity index (χ2v) is 5.93. The van der Waals surface area contributed by atoms with Crippen molar-refractivity contribution < 1.29 is 9.21 Å². The van der Waals surface area contributed by atoms with Crippen LogP contribution in [0, 0.1) is 0 Å². The standard InChI is InChI=1S/C15H17NO2S/c1-10(13-6-4-8-18-13)16-15(17)12-9-19-14-7-3-2-5-11(12)14/h4,6,8-10H,2-3,5,7H2,1H3,(H,16,17). The second kappa shape index (κ2) is 5.21. The van der Waals surface area contributed by atoms with Crippen LogP contribution in [0.3, 0.4) is 0 Å². The summed E-state index contributed by atoms with van der Waals surface area (Å²) in [6, 6.07) is 3.63. The fourth-order valence-electron chi connectivity index (χ4n) is 2.57. The number of amides is 1. The number of aryl methyl sites for hydroxylation is 1. The lowest BCUT2D eigenvalue weighted by Gasteiger charge is -2.14. The molecule has 0 radical (unpaired) electrons. The molecule has 0 saturated carbocycles. The SMILES string of the molecule is CC(NC(=O)c1csc2c1CCCC2)c1ccco1. The van der Waals surface area contributed by atoms with Crippen molar-refractivity contribution in [2.75, 3.05) is 0 Å². The molecule has 0 aromatic carbocycles. The van der Waals surface area contributed by atoms with Crippen LogP contribution >= 0.6 is 11.3 Å². The molecule has 1 N–H and O–H groups in total. The van der Waals surface area contributed by atoms with Gasteiger partial charge in [0.25, 0.3) is 5.91 Å². The minimum atomic E-state index is -0.0957. The summed E-state index contributed by atoms with van der Waals surface area (Å²) in [6.07, 6.45) is 6.23. The number of furan rings is 1. The topological polar surface area (TPSA) is 42.2 Å². The van der Waals surface area contributed by atoms with Crippen LogP contribution in [0.15, 0.2) is 28.2 Å². The third-order valence-electron chi connectivity index (χ3n) is 3.62. The molecule has 0 saturated heterocycles. The number of thiophene rings is 1. The number of hydrogen-bond acceptors (Lipinski definition) is 3. The summed E-state index contributed by atoms with van der Waals surface area (Å²) in [5.41, 5.74) is 2.12. The van der Waals surface area contributed by atoms with Crippen molar-refractivity contribution in [3.05, 3.63) is 45.5 Å². The summed E-state index contributed by atoms with van der Waals surface area (Å²) in [4.78, 5) is 13.7. The number of carbonyl (C=O) groups is 1. The van der Waals surface area contributed by atoms with E-state index in [-0.39, 0.29) is 11.9 Å². The Morgan fingerprint density at radius 3 is 3.05 bits per heavy atom. The van der Waals surface area contributed by atoms with Gasteiger partial charge in [-0.1, -0.05) is 0 Å². The average Bonchev–Trinajstić information content (AvgIpc) is 3.08. The van der Waals surface area contributed by atoms with Crippen molar-refractivity contribution in [3.63, 3.8) is 0 Å². The van der Waals surface area contributed by atoms with Gasteiger partial charge in [-0.3, -0.25) is 4.79 Å². The molecular weight excluding hydrogens is 258 g/mol. The molecular formula is C15H17NO2S. The zero-order chi connectivity index (χ0) is 13.2. The lowest BCUT2D eigenvalue weighted by Crippen LogP contribution is -2.27. The van der Waals surface area contributed by atoms with Crippen molar-refractivity contribution in [2.45, 2.75) is 38.6 Å². The van der Waals surface area contributed by atoms with Crippen molar-refractivity contribution in [2.24, 2.45) is 0 Å². The summed E-state index contributed by atoms with van der Waals surface area (Å²) in [6.45, 7) is 1.94. The Balaban J connectivity index is 1.75. The first kappa shape index (κ1) is 12.5. The van der Waals surface area contributed by atoms with Gasteiger partial charge in [-0.2, -0.15) is 0 Å². The van der Waals surface area contributed by atoms with Gasteiger partial charge in [0.05, 0.1) is 17.9 Å². The Bertz CT molecular complexity index is 571. The number of hydrogen-bond donors (Lipinski definition) is 1. The summed E-state index contributed by atoms with van der Waals surface area (Å²) < 4.78 is 5.31. The minimum absolute atomic E-state index is 0.0169. The van der Waals surface area contributed by atoms with Gasteiger partial charge in [-0.25, -0.2) is 0 Å². The predicted octanol–water partition coefficient (Wildman–Crippen LogP) is 3.71. The minimum Gasteiger partial charge on any atom is -0.467 e. The fourth-order valence-corrected chi connectivity index (χ4v) is 3.69. The zero-order valence-electron chi connectivity index (χ0n) is 10.9. The van der Waals surface area contributed by atoms with Gasteiger partial charge in [0, 0.05) is 10.3 Å². The van der Waals surface area contributed by atoms with E-state index in [4.69, 9.17) is 4.42 Å². The van der Waals surface area contributed by atoms with Crippen LogP contribution in [0.1, 0.15) is 52.4 Å². The molecule has 1 amide bonds. The largest absolute Gasteiger partial charge is 0.467 e. The molecule has 3 rings (SSSR count). The molecule has 3 nitrogen and oxygen atoms in total. The van der Waals surface area contributed by atoms with Gasteiger partial charge in [0.15, 0.2) is 0 Å². The summed E-state index contributed by atoms with van der Waals surface area (Å²) in [5.74, 6) is 0.806. The van der Waals surface area contributed by atoms with Crippen molar-refractivity contribution in [1.29, 1.82) is 0 Å². The van der Waals surface area contributed by atoms with Crippen molar-refractivity contribution in [3.8, 4) is 0 Å². The van der Waals surface area contributed by atoms with E-state index in [0.29, 0.717) is 0 Å². The van der Waals surface area contributed by atoms with Gasteiger partial charge >= 0.3 is 0 Å². The molecule has 1 aliphatic carbocycles. The smallest absolute Gasteiger partial charge is 0.252 e. The molecule has 0 spiro atoms. The molecule has 0 fully saturated rings. The van der Waals surface area contributed by atoms with Crippen LogP contribution < -0.4 is 5.32 Å². The molecule has 2 aromatic rings. The van der Waals surface area contributed by atoms with E-state index in [1.54, 1.807) is 17.6 Å². The quantitative estimate of drug-likeness (QED) is 0.927. The number of carbonyl (C=O) groups excluding carboxylic acids is 1. The summed E-state index contributed by atoms with van der Waals surface area (Å²) in [7, 11) is 0. The number of rotatable bonds is 3. The van der Waals surface area contributed by atoms with Gasteiger partial charge in [0.2, 0.25) is 0 Å². The van der Waals surface area contributed by atoms with Gasteiger partial charge in [-0.15, -0.1) is 11.3 Å². The zero-order valence-corrected chi connectivity index (χ0v) is 11.8. The Morgan fingerprint density at radius 1 is 1.42 bits per heavy atom. The van der Waals surface area contributed by atoms with E-state index in [0.717, 1.165) is 24.2 Å². The maximum Gasteiger partial charge on any atom is 0.252 e. The van der Waals surface area contributed by atoms with E-state index in [2.05, 4.69) is 5.32 Å². The molecule has 1 unspecified atom stereocenters. The van der Waals surface area contributed by atoms with Crippen LogP contribution in [-0.2, 0) is 12.8 Å². The van der Waals surface area contributed by atoms with Gasteiger partial charge in [-0.05, 0) is 50.3 Å². The third kappa shape index (κ3) is 2.45. The molecule has 1 aliphatic rings. The molecule has 100 valence electrons. The van der Waals surface area contributed by atoms with Crippen LogP contribution in [-0.4, -0.2) is 5.91 Å². The van der Waals surface area contributed by atoms with E-state index >= 15 is 0 Å². The molecule has 19 heavy (non-hydrogen) atoms. The van der Waals surface area contributed by atoms with Crippen molar-refractivity contribution in [1.82, 2.24) is 5.32 Å². The van der Waals surface area contributed by atoms with Crippen LogP contribution in [0.2, 0.25) is 0 Å². The highest BCUT2D eigenvalue weighted by Gasteiger charge is 2.21. The first-order chi connectivity index (χ1) is 9.25. The fraction of sp³-hybridized carbons (Fsp3) is 0.400. The average molecular weight is 275 g/mol. The Kier molecular flexibility index (Phi) is 3.42. The predicted molar refractivity (Wildman–Crippen MR) is 75.6 cm³/mol. The van der Waals surface area contributed by atoms with E-state index in [1.165, 1.54) is 23.3 Å². The van der Waals surface area contributed by atoms with E-state index in [9.17, 15) is 4.79 Å². The number of fused-ring (bicyclic) bond motifs is 1. The van der Waals surface area contributed by atoms with E-state index < -0.39 is 0 Å². The van der Waals surface area contributed by atoms with Crippen molar-refractivity contribution >= 4 is 17.2 Å². The maximum atomic E-state index is 12.3. The summed E-state index contributed by atoms with van der Waals surface area (Å²) in [5, 5.41) is 5.01. The normalized spacial score (nSPS) is 15.8. The molecule has 2 heterocycles. The molecule has 4 heteroatoms. The highest BCUT2D eigenvalue weighted by Crippen LogP contribution is 2.30. The summed E-state index contributed by atoms with van der Waals surface area (Å²) >= 11 is 1.72. The number of nitrogens with one attached hydrogen (secondary N) is 1. The highest BCUT2D eigenvalue weighted by atomic mass is 32.1. The first-order valence-electron chi connectivity index (χ1n) is 6.69. The molecule has 0 bridgehead atoms. The third-order valence-corrected chi connectivity index (χ3v) is 4.71. The van der Waals surface area contributed by atoms with E-state index in [1.807, 2.05) is 24.4 Å². The van der Waals surface area contributed by atoms with Crippen LogP contribution in [0.25, 0.3) is 0 Å². The Morgan fingerprint density at radius 2 is 2.26 bits per heavy atom. The van der Waals surface area contributed by atoms with Crippen LogP contribution in [0.5, 0.6) is 0 Å². The Labute approximate surface area is 116 Å². The molecule has 2 aromatic heterocycles. The lowest BCUT2D eigenvalue weighted by atomic mass is 9.95. The molecule has 0 aliphatic heterocycles. The molecule has 1 atom stereocenters. The van der Waals surface area contributed by atoms with Gasteiger partial charge < -0.3 is 9.73 Å². The highest BCUT2D eigenvalue weighted by molar-refractivity contribution is 7.10. The Hall–Kier alpha value is -1.55. The lowest BCUT2D eigenvalue weighted by molar-refractivity contribution is 0.0934. The van der Waals surface area contributed by atoms with Crippen LogP contribution in [0.4, 0.5) is 0 Å². The maximum absolute atomic E-state index is 12.3. The second-order valence-electron chi connectivity index (χ2n) is 4.97. The first-order valence-corrected chi connectivity index (χ1v) is 7.57. The monoisotopic (exact) mass is 275 g/mol.